The van der Waals surface area contributed by atoms with Crippen molar-refractivity contribution in [2.24, 2.45) is 10.8 Å². The summed E-state index contributed by atoms with van der Waals surface area (Å²) in [5.41, 5.74) is 1.47. The molecule has 1 aromatic carbocycles. The predicted molar refractivity (Wildman–Crippen MR) is 95.2 cm³/mol. The van der Waals surface area contributed by atoms with Crippen molar-refractivity contribution in [2.75, 3.05) is 0 Å². The molecule has 0 aromatic heterocycles. The molecule has 1 aromatic rings. The van der Waals surface area contributed by atoms with E-state index < -0.39 is 0 Å². The quantitative estimate of drug-likeness (QED) is 0.359. The Balaban J connectivity index is 1.41. The summed E-state index contributed by atoms with van der Waals surface area (Å²) in [5, 5.41) is 0. The summed E-state index contributed by atoms with van der Waals surface area (Å²) >= 11 is 3.43. The van der Waals surface area contributed by atoms with Crippen LogP contribution in [-0.4, -0.2) is 5.78 Å². The van der Waals surface area contributed by atoms with Gasteiger partial charge in [0.15, 0.2) is 5.78 Å². The molecule has 2 bridgehead atoms. The molecule has 3 fully saturated rings. The molecule has 0 heterocycles. The molecule has 0 amide bonds. The van der Waals surface area contributed by atoms with Crippen LogP contribution in [0.15, 0.2) is 28.7 Å². The third kappa shape index (κ3) is 3.04. The lowest BCUT2D eigenvalue weighted by Gasteiger charge is -2.70. The Bertz CT molecular complexity index is 511. The summed E-state index contributed by atoms with van der Waals surface area (Å²) in [6.45, 7) is 2.27. The van der Waals surface area contributed by atoms with E-state index in [9.17, 15) is 4.79 Å². The van der Waals surface area contributed by atoms with Gasteiger partial charge in [0.2, 0.25) is 0 Å². The highest BCUT2D eigenvalue weighted by Gasteiger charge is 2.70. The number of unbranched alkanes of at least 4 members (excludes halogenated alkanes) is 5. The van der Waals surface area contributed by atoms with Gasteiger partial charge in [0.05, 0.1) is 0 Å². The fourth-order valence-corrected chi connectivity index (χ4v) is 4.96. The molecule has 3 aliphatic rings. The van der Waals surface area contributed by atoms with Crippen LogP contribution < -0.4 is 0 Å². The zero-order chi connectivity index (χ0) is 15.6. The molecule has 0 saturated heterocycles. The number of carbonyl (C=O) groups excluding carboxylic acids is 1. The van der Waals surface area contributed by atoms with E-state index in [1.54, 1.807) is 0 Å². The molecule has 1 nitrogen and oxygen atoms in total. The van der Waals surface area contributed by atoms with Crippen molar-refractivity contribution in [3.8, 4) is 0 Å². The van der Waals surface area contributed by atoms with Crippen LogP contribution in [0.1, 0.15) is 81.5 Å². The van der Waals surface area contributed by atoms with Crippen LogP contribution in [0, 0.1) is 10.8 Å². The zero-order valence-corrected chi connectivity index (χ0v) is 15.3. The van der Waals surface area contributed by atoms with E-state index in [4.69, 9.17) is 0 Å². The molecule has 2 heteroatoms. The number of hydrogen-bond donors (Lipinski definition) is 0. The lowest BCUT2D eigenvalue weighted by Crippen LogP contribution is -2.65. The molecule has 3 aliphatic carbocycles. The Morgan fingerprint density at radius 1 is 1.00 bits per heavy atom. The molecule has 120 valence electrons. The van der Waals surface area contributed by atoms with Gasteiger partial charge < -0.3 is 0 Å². The third-order valence-electron chi connectivity index (χ3n) is 5.79. The van der Waals surface area contributed by atoms with Gasteiger partial charge in [-0.25, -0.2) is 0 Å². The zero-order valence-electron chi connectivity index (χ0n) is 13.7. The minimum absolute atomic E-state index is 0.0238. The molecule has 0 atom stereocenters. The van der Waals surface area contributed by atoms with Crippen LogP contribution in [0.25, 0.3) is 0 Å². The number of benzene rings is 1. The van der Waals surface area contributed by atoms with Crippen LogP contribution in [0.4, 0.5) is 0 Å². The van der Waals surface area contributed by atoms with Gasteiger partial charge in [-0.2, -0.15) is 0 Å². The first kappa shape index (κ1) is 16.2. The van der Waals surface area contributed by atoms with Gasteiger partial charge in [0.1, 0.15) is 0 Å². The largest absolute Gasteiger partial charge is 0.294 e. The van der Waals surface area contributed by atoms with Crippen LogP contribution in [0.5, 0.6) is 0 Å². The highest BCUT2D eigenvalue weighted by atomic mass is 79.9. The van der Waals surface area contributed by atoms with Crippen LogP contribution in [-0.2, 0) is 0 Å². The molecule has 3 saturated carbocycles. The lowest BCUT2D eigenvalue weighted by atomic mass is 9.32. The second kappa shape index (κ2) is 6.47. The van der Waals surface area contributed by atoms with Gasteiger partial charge in [-0.05, 0) is 43.2 Å². The summed E-state index contributed by atoms with van der Waals surface area (Å²) in [4.78, 5) is 12.7. The summed E-state index contributed by atoms with van der Waals surface area (Å²) in [6, 6.07) is 7.88. The molecule has 0 spiro atoms. The average molecular weight is 363 g/mol. The van der Waals surface area contributed by atoms with Gasteiger partial charge in [-0.1, -0.05) is 73.5 Å². The van der Waals surface area contributed by atoms with E-state index in [1.807, 2.05) is 24.3 Å². The van der Waals surface area contributed by atoms with E-state index in [-0.39, 0.29) is 5.41 Å². The molecule has 22 heavy (non-hydrogen) atoms. The van der Waals surface area contributed by atoms with Gasteiger partial charge in [-0.15, -0.1) is 0 Å². The fourth-order valence-electron chi connectivity index (χ4n) is 4.69. The van der Waals surface area contributed by atoms with E-state index >= 15 is 0 Å². The van der Waals surface area contributed by atoms with E-state index in [0.717, 1.165) is 29.3 Å². The van der Waals surface area contributed by atoms with Crippen molar-refractivity contribution in [1.29, 1.82) is 0 Å². The van der Waals surface area contributed by atoms with Gasteiger partial charge >= 0.3 is 0 Å². The Labute approximate surface area is 143 Å². The molecule has 0 aliphatic heterocycles. The first-order valence-corrected chi connectivity index (χ1v) is 9.69. The predicted octanol–water partition coefficient (Wildman–Crippen LogP) is 6.55. The number of carbonyl (C=O) groups is 1. The van der Waals surface area contributed by atoms with Crippen LogP contribution in [0.2, 0.25) is 0 Å². The Kier molecular flexibility index (Phi) is 4.77. The minimum atomic E-state index is 0.0238. The van der Waals surface area contributed by atoms with Crippen molar-refractivity contribution in [3.63, 3.8) is 0 Å². The van der Waals surface area contributed by atoms with E-state index in [1.165, 1.54) is 44.9 Å². The second-order valence-electron chi connectivity index (χ2n) is 7.66. The van der Waals surface area contributed by atoms with Crippen LogP contribution >= 0.6 is 15.9 Å². The van der Waals surface area contributed by atoms with E-state index in [0.29, 0.717) is 11.2 Å². The van der Waals surface area contributed by atoms with Crippen LogP contribution in [0.3, 0.4) is 0 Å². The Morgan fingerprint density at radius 2 is 1.59 bits per heavy atom. The standard InChI is InChI=1S/C20H27BrO/c1-2-3-4-5-6-7-12-19-13-20(14-19,15-19)18(22)16-8-10-17(21)11-9-16/h8-11H,2-7,12-15H2,1H3. The number of ketones is 1. The topological polar surface area (TPSA) is 17.1 Å². The van der Waals surface area contributed by atoms with Gasteiger partial charge in [0.25, 0.3) is 0 Å². The molecule has 0 N–H and O–H groups in total. The maximum atomic E-state index is 12.7. The van der Waals surface area contributed by atoms with Crippen molar-refractivity contribution >= 4 is 21.7 Å². The number of hydrogen-bond acceptors (Lipinski definition) is 1. The maximum Gasteiger partial charge on any atom is 0.169 e. The normalized spacial score (nSPS) is 28.8. The highest BCUT2D eigenvalue weighted by molar-refractivity contribution is 9.10. The lowest BCUT2D eigenvalue weighted by molar-refractivity contribution is -0.173. The minimum Gasteiger partial charge on any atom is -0.294 e. The van der Waals surface area contributed by atoms with Gasteiger partial charge in [0, 0.05) is 15.5 Å². The summed E-state index contributed by atoms with van der Waals surface area (Å²) in [7, 11) is 0. The summed E-state index contributed by atoms with van der Waals surface area (Å²) in [6.07, 6.45) is 13.1. The molecular formula is C20H27BrO. The van der Waals surface area contributed by atoms with Crippen molar-refractivity contribution in [1.82, 2.24) is 0 Å². The number of rotatable bonds is 9. The molecule has 0 unspecified atom stereocenters. The Morgan fingerprint density at radius 3 is 2.23 bits per heavy atom. The number of Topliss-reactive ketones (excluding diaryl/α,β-unsaturated/α-hetero) is 1. The van der Waals surface area contributed by atoms with Crippen molar-refractivity contribution in [3.05, 3.63) is 34.3 Å². The SMILES string of the molecule is CCCCCCCCC12CC(C(=O)c3ccc(Br)cc3)(C1)C2. The third-order valence-corrected chi connectivity index (χ3v) is 6.32. The summed E-state index contributed by atoms with van der Waals surface area (Å²) < 4.78 is 1.04. The first-order valence-electron chi connectivity index (χ1n) is 8.90. The Hall–Kier alpha value is -0.630. The maximum absolute atomic E-state index is 12.7. The van der Waals surface area contributed by atoms with Crippen molar-refractivity contribution in [2.45, 2.75) is 71.1 Å². The average Bonchev–Trinajstić information content (AvgIpc) is 2.43. The first-order chi connectivity index (χ1) is 10.6. The fraction of sp³-hybridized carbons (Fsp3) is 0.650. The summed E-state index contributed by atoms with van der Waals surface area (Å²) in [5.74, 6) is 0.393. The monoisotopic (exact) mass is 362 g/mol. The smallest absolute Gasteiger partial charge is 0.169 e. The highest BCUT2D eigenvalue weighted by Crippen LogP contribution is 2.76. The molecule has 0 radical (unpaired) electrons. The molecule has 4 rings (SSSR count). The molecular weight excluding hydrogens is 336 g/mol. The number of halogens is 1. The van der Waals surface area contributed by atoms with Gasteiger partial charge in [-0.3, -0.25) is 4.79 Å². The van der Waals surface area contributed by atoms with E-state index in [2.05, 4.69) is 22.9 Å². The van der Waals surface area contributed by atoms with Crippen molar-refractivity contribution < 1.29 is 4.79 Å². The second-order valence-corrected chi connectivity index (χ2v) is 8.58.